The second-order valence-corrected chi connectivity index (χ2v) is 4.61. The number of hydrogen-bond acceptors (Lipinski definition) is 6. The van der Waals surface area contributed by atoms with Gasteiger partial charge in [0.05, 0.1) is 38.7 Å². The van der Waals surface area contributed by atoms with Gasteiger partial charge < -0.3 is 24.7 Å². The summed E-state index contributed by atoms with van der Waals surface area (Å²) in [5.74, 6) is 0.610. The SMILES string of the molecule is CCCc1nn(C)c(OCCOCCOCCOC)c1N. The van der Waals surface area contributed by atoms with E-state index in [1.54, 1.807) is 11.8 Å². The Balaban J connectivity index is 2.15. The molecule has 1 aromatic rings. The van der Waals surface area contributed by atoms with Crippen LogP contribution in [0.5, 0.6) is 5.88 Å². The third kappa shape index (κ3) is 6.33. The number of aryl methyl sites for hydroxylation is 2. The van der Waals surface area contributed by atoms with Crippen LogP contribution in [0.3, 0.4) is 0 Å². The Morgan fingerprint density at radius 2 is 1.67 bits per heavy atom. The zero-order chi connectivity index (χ0) is 15.5. The van der Waals surface area contributed by atoms with Gasteiger partial charge in [0.1, 0.15) is 12.3 Å². The Kier molecular flexibility index (Phi) is 8.80. The molecular weight excluding hydrogens is 274 g/mol. The predicted molar refractivity (Wildman–Crippen MR) is 80.6 cm³/mol. The highest BCUT2D eigenvalue weighted by atomic mass is 16.6. The molecule has 0 unspecified atom stereocenters. The number of hydrogen-bond donors (Lipinski definition) is 1. The highest BCUT2D eigenvalue weighted by molar-refractivity contribution is 5.53. The van der Waals surface area contributed by atoms with Crippen LogP contribution in [-0.4, -0.2) is 56.5 Å². The Morgan fingerprint density at radius 1 is 1.05 bits per heavy atom. The van der Waals surface area contributed by atoms with Crippen molar-refractivity contribution in [3.05, 3.63) is 5.69 Å². The van der Waals surface area contributed by atoms with Crippen LogP contribution < -0.4 is 10.5 Å². The monoisotopic (exact) mass is 301 g/mol. The van der Waals surface area contributed by atoms with Crippen molar-refractivity contribution in [2.45, 2.75) is 19.8 Å². The minimum absolute atomic E-state index is 0.438. The van der Waals surface area contributed by atoms with Crippen LogP contribution in [0.25, 0.3) is 0 Å². The predicted octanol–water partition coefficient (Wildman–Crippen LogP) is 1.01. The molecule has 1 heterocycles. The first-order chi connectivity index (χ1) is 10.2. The maximum Gasteiger partial charge on any atom is 0.235 e. The van der Waals surface area contributed by atoms with E-state index in [-0.39, 0.29) is 0 Å². The van der Waals surface area contributed by atoms with Crippen LogP contribution in [0.4, 0.5) is 5.69 Å². The number of methoxy groups -OCH3 is 1. The molecule has 1 aromatic heterocycles. The molecule has 21 heavy (non-hydrogen) atoms. The molecule has 1 rings (SSSR count). The lowest BCUT2D eigenvalue weighted by atomic mass is 10.2. The Labute approximate surface area is 126 Å². The van der Waals surface area contributed by atoms with E-state index in [2.05, 4.69) is 12.0 Å². The molecule has 0 amide bonds. The van der Waals surface area contributed by atoms with Gasteiger partial charge in [-0.15, -0.1) is 0 Å². The second-order valence-electron chi connectivity index (χ2n) is 4.61. The number of nitrogens with zero attached hydrogens (tertiary/aromatic N) is 2. The van der Waals surface area contributed by atoms with Gasteiger partial charge in [-0.2, -0.15) is 5.10 Å². The smallest absolute Gasteiger partial charge is 0.235 e. The van der Waals surface area contributed by atoms with Crippen LogP contribution >= 0.6 is 0 Å². The largest absolute Gasteiger partial charge is 0.474 e. The first-order valence-corrected chi connectivity index (χ1v) is 7.29. The standard InChI is InChI=1S/C14H27N3O4/c1-4-5-12-13(15)14(17(2)16-12)21-11-10-20-9-8-19-7-6-18-3/h4-11,15H2,1-3H3. The molecule has 0 aliphatic rings. The molecule has 122 valence electrons. The van der Waals surface area contributed by atoms with Crippen molar-refractivity contribution in [2.24, 2.45) is 7.05 Å². The topological polar surface area (TPSA) is 80.8 Å². The molecule has 0 aliphatic carbocycles. The first kappa shape index (κ1) is 17.7. The van der Waals surface area contributed by atoms with Crippen molar-refractivity contribution in [3.8, 4) is 5.88 Å². The second kappa shape index (κ2) is 10.4. The summed E-state index contributed by atoms with van der Waals surface area (Å²) < 4.78 is 22.9. The van der Waals surface area contributed by atoms with E-state index < -0.39 is 0 Å². The van der Waals surface area contributed by atoms with Crippen LogP contribution in [-0.2, 0) is 27.7 Å². The molecule has 0 radical (unpaired) electrons. The minimum atomic E-state index is 0.438. The van der Waals surface area contributed by atoms with Crippen molar-refractivity contribution >= 4 is 5.69 Å². The summed E-state index contributed by atoms with van der Waals surface area (Å²) >= 11 is 0. The van der Waals surface area contributed by atoms with Crippen LogP contribution in [0.15, 0.2) is 0 Å². The number of nitrogens with two attached hydrogens (primary N) is 1. The maximum absolute atomic E-state index is 6.02. The number of nitrogen functional groups attached to an aromatic ring is 1. The highest BCUT2D eigenvalue weighted by Gasteiger charge is 2.13. The molecule has 0 spiro atoms. The van der Waals surface area contributed by atoms with E-state index in [1.165, 1.54) is 0 Å². The summed E-state index contributed by atoms with van der Waals surface area (Å²) in [6.45, 7) is 5.30. The lowest BCUT2D eigenvalue weighted by molar-refractivity contribution is 0.0174. The fourth-order valence-electron chi connectivity index (χ4n) is 1.83. The van der Waals surface area contributed by atoms with Gasteiger partial charge >= 0.3 is 0 Å². The zero-order valence-electron chi connectivity index (χ0n) is 13.3. The highest BCUT2D eigenvalue weighted by Crippen LogP contribution is 2.25. The Hall–Kier alpha value is -1.31. The van der Waals surface area contributed by atoms with Crippen molar-refractivity contribution < 1.29 is 18.9 Å². The fourth-order valence-corrected chi connectivity index (χ4v) is 1.83. The molecule has 7 heteroatoms. The van der Waals surface area contributed by atoms with Crippen molar-refractivity contribution in [3.63, 3.8) is 0 Å². The molecular formula is C14H27N3O4. The first-order valence-electron chi connectivity index (χ1n) is 7.29. The van der Waals surface area contributed by atoms with Gasteiger partial charge in [-0.3, -0.25) is 0 Å². The molecule has 0 aromatic carbocycles. The molecule has 0 fully saturated rings. The van der Waals surface area contributed by atoms with Crippen LogP contribution in [0.2, 0.25) is 0 Å². The van der Waals surface area contributed by atoms with E-state index in [0.717, 1.165) is 18.5 Å². The third-order valence-corrected chi connectivity index (χ3v) is 2.86. The average Bonchev–Trinajstić information content (AvgIpc) is 2.73. The number of rotatable bonds is 12. The van der Waals surface area contributed by atoms with Gasteiger partial charge in [0, 0.05) is 14.2 Å². The van der Waals surface area contributed by atoms with Crippen molar-refractivity contribution in [1.82, 2.24) is 9.78 Å². The molecule has 0 atom stereocenters. The van der Waals surface area contributed by atoms with Crippen molar-refractivity contribution in [2.75, 3.05) is 52.5 Å². The number of ether oxygens (including phenoxy) is 4. The maximum atomic E-state index is 6.02. The average molecular weight is 301 g/mol. The molecule has 0 saturated carbocycles. The van der Waals surface area contributed by atoms with E-state index in [1.807, 2.05) is 7.05 Å². The van der Waals surface area contributed by atoms with Gasteiger partial charge in [-0.25, -0.2) is 4.68 Å². The summed E-state index contributed by atoms with van der Waals surface area (Å²) in [5, 5.41) is 4.35. The summed E-state index contributed by atoms with van der Waals surface area (Å²) in [6.07, 6.45) is 1.87. The zero-order valence-corrected chi connectivity index (χ0v) is 13.3. The van der Waals surface area contributed by atoms with Gasteiger partial charge in [0.25, 0.3) is 0 Å². The van der Waals surface area contributed by atoms with E-state index in [9.17, 15) is 0 Å². The molecule has 0 saturated heterocycles. The number of anilines is 1. The quantitative estimate of drug-likeness (QED) is 0.580. The number of aromatic nitrogens is 2. The lowest BCUT2D eigenvalue weighted by Gasteiger charge is -2.08. The van der Waals surface area contributed by atoms with E-state index >= 15 is 0 Å². The molecule has 0 aliphatic heterocycles. The van der Waals surface area contributed by atoms with Gasteiger partial charge in [0.2, 0.25) is 5.88 Å². The summed E-state index contributed by atoms with van der Waals surface area (Å²) in [7, 11) is 3.47. The summed E-state index contributed by atoms with van der Waals surface area (Å²) in [5.41, 5.74) is 7.54. The Morgan fingerprint density at radius 3 is 2.29 bits per heavy atom. The summed E-state index contributed by atoms with van der Waals surface area (Å²) in [4.78, 5) is 0. The Bertz CT molecular complexity index is 396. The third-order valence-electron chi connectivity index (χ3n) is 2.86. The van der Waals surface area contributed by atoms with Crippen LogP contribution in [0, 0.1) is 0 Å². The normalized spacial score (nSPS) is 11.0. The lowest BCUT2D eigenvalue weighted by Crippen LogP contribution is -2.13. The van der Waals surface area contributed by atoms with E-state index in [0.29, 0.717) is 51.2 Å². The van der Waals surface area contributed by atoms with Gasteiger partial charge in [-0.1, -0.05) is 13.3 Å². The van der Waals surface area contributed by atoms with Crippen molar-refractivity contribution in [1.29, 1.82) is 0 Å². The summed E-state index contributed by atoms with van der Waals surface area (Å²) in [6, 6.07) is 0. The van der Waals surface area contributed by atoms with E-state index in [4.69, 9.17) is 24.7 Å². The molecule has 7 nitrogen and oxygen atoms in total. The molecule has 2 N–H and O–H groups in total. The van der Waals surface area contributed by atoms with Gasteiger partial charge in [0.15, 0.2) is 0 Å². The molecule has 0 bridgehead atoms. The van der Waals surface area contributed by atoms with Crippen LogP contribution in [0.1, 0.15) is 19.0 Å². The fraction of sp³-hybridized carbons (Fsp3) is 0.786. The van der Waals surface area contributed by atoms with Gasteiger partial charge in [-0.05, 0) is 6.42 Å². The minimum Gasteiger partial charge on any atom is -0.474 e.